The van der Waals surface area contributed by atoms with Crippen LogP contribution in [0.15, 0.2) is 48.5 Å². The van der Waals surface area contributed by atoms with E-state index in [1.165, 1.54) is 48.5 Å². The molecule has 0 heterocycles. The van der Waals surface area contributed by atoms with Crippen molar-refractivity contribution in [3.05, 3.63) is 59.7 Å². The summed E-state index contributed by atoms with van der Waals surface area (Å²) in [6.07, 6.45) is 0. The van der Waals surface area contributed by atoms with Gasteiger partial charge in [-0.05, 0) is 74.7 Å². The minimum atomic E-state index is -0.876. The van der Waals surface area contributed by atoms with Crippen molar-refractivity contribution >= 4 is 59.9 Å². The lowest BCUT2D eigenvalue weighted by atomic mass is 10.2. The monoisotopic (exact) mass is 598 g/mol. The first kappa shape index (κ1) is 36.8. The molecule has 2 aromatic carbocycles. The predicted molar refractivity (Wildman–Crippen MR) is 161 cm³/mol. The van der Waals surface area contributed by atoms with Crippen LogP contribution in [0, 0.1) is 0 Å². The molecule has 2 N–H and O–H groups in total. The zero-order valence-corrected chi connectivity index (χ0v) is 25.1. The maximum Gasteiger partial charge on any atom is 0.338 e. The Balaban J connectivity index is 0.00000760. The molecule has 0 aromatic heterocycles. The molecule has 10 nitrogen and oxygen atoms in total. The van der Waals surface area contributed by atoms with Crippen LogP contribution in [0.3, 0.4) is 0 Å². The number of nitrogens with one attached hydrogen (secondary N) is 2. The van der Waals surface area contributed by atoms with Gasteiger partial charge in [0.15, 0.2) is 0 Å². The van der Waals surface area contributed by atoms with Crippen LogP contribution in [0.2, 0.25) is 0 Å². The minimum Gasteiger partial charge on any atom is -0.461 e. The van der Waals surface area contributed by atoms with E-state index in [0.717, 1.165) is 26.2 Å². The predicted octanol–water partition coefficient (Wildman–Crippen LogP) is 4.10. The lowest BCUT2D eigenvalue weighted by Gasteiger charge is -2.17. The first-order valence-corrected chi connectivity index (χ1v) is 12.9. The highest BCUT2D eigenvalue weighted by Crippen LogP contribution is 2.13. The van der Waals surface area contributed by atoms with E-state index in [2.05, 4.69) is 20.4 Å². The number of benzene rings is 2. The molecule has 0 aliphatic rings. The Kier molecular flexibility index (Phi) is 18.2. The van der Waals surface area contributed by atoms with Gasteiger partial charge in [-0.3, -0.25) is 9.59 Å². The molecule has 2 aromatic rings. The van der Waals surface area contributed by atoms with Crippen LogP contribution < -0.4 is 10.6 Å². The molecule has 0 atom stereocenters. The highest BCUT2D eigenvalue weighted by Gasteiger charge is 2.16. The largest absolute Gasteiger partial charge is 0.461 e. The normalized spacial score (nSPS) is 10.2. The molecule has 0 saturated carbocycles. The molecule has 40 heavy (non-hydrogen) atoms. The van der Waals surface area contributed by atoms with Gasteiger partial charge in [0, 0.05) is 24.5 Å². The lowest BCUT2D eigenvalue weighted by molar-refractivity contribution is -0.132. The van der Waals surface area contributed by atoms with E-state index in [9.17, 15) is 19.2 Å². The van der Waals surface area contributed by atoms with Crippen molar-refractivity contribution in [3.8, 4) is 0 Å². The number of esters is 2. The molecule has 0 aliphatic heterocycles. The van der Waals surface area contributed by atoms with Gasteiger partial charge < -0.3 is 29.9 Å². The van der Waals surface area contributed by atoms with Crippen LogP contribution in [-0.4, -0.2) is 86.0 Å². The van der Waals surface area contributed by atoms with E-state index in [4.69, 9.17) is 9.47 Å². The van der Waals surface area contributed by atoms with Crippen LogP contribution in [-0.2, 0) is 19.1 Å². The smallest absolute Gasteiger partial charge is 0.338 e. The van der Waals surface area contributed by atoms with Crippen molar-refractivity contribution in [2.24, 2.45) is 0 Å². The maximum atomic E-state index is 12.3. The Morgan fingerprint density at radius 2 is 0.875 bits per heavy atom. The fraction of sp³-hybridized carbons (Fsp3) is 0.429. The van der Waals surface area contributed by atoms with E-state index in [1.54, 1.807) is 0 Å². The number of hydrogen-bond donors (Lipinski definition) is 2. The van der Waals surface area contributed by atoms with Crippen molar-refractivity contribution in [2.45, 2.75) is 27.7 Å². The summed E-state index contributed by atoms with van der Waals surface area (Å²) in [7, 11) is 0. The molecule has 0 bridgehead atoms. The molecule has 0 unspecified atom stereocenters. The molecule has 12 heteroatoms. The summed E-state index contributed by atoms with van der Waals surface area (Å²) in [4.78, 5) is 53.3. The maximum absolute atomic E-state index is 12.3. The second kappa shape index (κ2) is 19.8. The molecule has 0 radical (unpaired) electrons. The van der Waals surface area contributed by atoms with E-state index >= 15 is 0 Å². The van der Waals surface area contributed by atoms with Crippen molar-refractivity contribution in [2.75, 3.05) is 63.1 Å². The van der Waals surface area contributed by atoms with Gasteiger partial charge in [-0.2, -0.15) is 0 Å². The van der Waals surface area contributed by atoms with Gasteiger partial charge in [-0.25, -0.2) is 9.59 Å². The van der Waals surface area contributed by atoms with Crippen molar-refractivity contribution < 1.29 is 28.7 Å². The number of rotatable bonds is 14. The topological polar surface area (TPSA) is 117 Å². The summed E-state index contributed by atoms with van der Waals surface area (Å²) >= 11 is 0. The summed E-state index contributed by atoms with van der Waals surface area (Å²) < 4.78 is 10.6. The Labute approximate surface area is 248 Å². The third-order valence-corrected chi connectivity index (χ3v) is 6.03. The Morgan fingerprint density at radius 3 is 1.15 bits per heavy atom. The molecule has 2 rings (SSSR count). The zero-order chi connectivity index (χ0) is 27.9. The van der Waals surface area contributed by atoms with Crippen molar-refractivity contribution in [1.82, 2.24) is 9.80 Å². The number of carbonyl (C=O) groups excluding carboxylic acids is 4. The van der Waals surface area contributed by atoms with E-state index in [0.29, 0.717) is 35.6 Å². The van der Waals surface area contributed by atoms with Crippen molar-refractivity contribution in [1.29, 1.82) is 0 Å². The molecule has 0 aliphatic carbocycles. The average molecular weight is 600 g/mol. The van der Waals surface area contributed by atoms with E-state index in [-0.39, 0.29) is 38.0 Å². The van der Waals surface area contributed by atoms with Gasteiger partial charge in [0.2, 0.25) is 0 Å². The van der Waals surface area contributed by atoms with Crippen LogP contribution >= 0.6 is 24.8 Å². The fourth-order valence-corrected chi connectivity index (χ4v) is 3.54. The van der Waals surface area contributed by atoms with Gasteiger partial charge >= 0.3 is 23.8 Å². The van der Waals surface area contributed by atoms with E-state index in [1.807, 2.05) is 27.7 Å². The Bertz CT molecular complexity index is 974. The number of anilines is 2. The molecular weight excluding hydrogens is 559 g/mol. The quantitative estimate of drug-likeness (QED) is 0.246. The second-order valence-electron chi connectivity index (χ2n) is 8.39. The minimum absolute atomic E-state index is 0. The fourth-order valence-electron chi connectivity index (χ4n) is 3.54. The summed E-state index contributed by atoms with van der Waals surface area (Å²) in [5.74, 6) is -2.66. The summed E-state index contributed by atoms with van der Waals surface area (Å²) in [5.41, 5.74) is 1.40. The van der Waals surface area contributed by atoms with Gasteiger partial charge in [0.25, 0.3) is 0 Å². The van der Waals surface area contributed by atoms with Gasteiger partial charge in [0.05, 0.1) is 11.1 Å². The van der Waals surface area contributed by atoms with E-state index < -0.39 is 23.8 Å². The number of halogens is 2. The van der Waals surface area contributed by atoms with Gasteiger partial charge in [0.1, 0.15) is 13.2 Å². The third kappa shape index (κ3) is 12.3. The molecule has 0 spiro atoms. The third-order valence-electron chi connectivity index (χ3n) is 6.03. The number of nitrogens with zero attached hydrogens (tertiary/aromatic N) is 2. The first-order chi connectivity index (χ1) is 18.3. The molecule has 0 saturated heterocycles. The number of ether oxygens (including phenoxy) is 2. The second-order valence-corrected chi connectivity index (χ2v) is 8.39. The molecule has 222 valence electrons. The van der Waals surface area contributed by atoms with Crippen molar-refractivity contribution in [3.63, 3.8) is 0 Å². The van der Waals surface area contributed by atoms with Crippen LogP contribution in [0.5, 0.6) is 0 Å². The summed E-state index contributed by atoms with van der Waals surface area (Å²) in [5, 5.41) is 4.97. The lowest BCUT2D eigenvalue weighted by Crippen LogP contribution is -2.29. The number of carbonyl (C=O) groups is 4. The molecule has 2 amide bonds. The SMILES string of the molecule is CCN(CC)CCOC(=O)c1ccc(NC(=O)C(=O)Nc2ccc(C(=O)OCCN(CC)CC)cc2)cc1.Cl.Cl. The zero-order valence-electron chi connectivity index (χ0n) is 23.4. The standard InChI is InChI=1S/C28H38N4O6.2ClH/c1-5-31(6-2)17-19-37-27(35)21-9-13-23(14-10-21)29-25(33)26(34)30-24-15-11-22(12-16-24)28(36)38-20-18-32(7-3)8-4;;/h9-16H,5-8,17-20H2,1-4H3,(H,29,33)(H,30,34);2*1H. The molecular formula is C28H40Cl2N4O6. The van der Waals surface area contributed by atoms with Gasteiger partial charge in [-0.1, -0.05) is 27.7 Å². The summed E-state index contributed by atoms with van der Waals surface area (Å²) in [6.45, 7) is 13.6. The molecule has 0 fully saturated rings. The van der Waals surface area contributed by atoms with Crippen LogP contribution in [0.25, 0.3) is 0 Å². The first-order valence-electron chi connectivity index (χ1n) is 12.9. The van der Waals surface area contributed by atoms with Gasteiger partial charge in [-0.15, -0.1) is 24.8 Å². The van der Waals surface area contributed by atoms with Crippen LogP contribution in [0.4, 0.5) is 11.4 Å². The number of likely N-dealkylation sites (N-methyl/N-ethyl adjacent to an activating group) is 2. The number of amides is 2. The van der Waals surface area contributed by atoms with Crippen LogP contribution in [0.1, 0.15) is 48.4 Å². The Hall–Kier alpha value is -3.18. The highest BCUT2D eigenvalue weighted by atomic mass is 35.5. The number of hydrogen-bond acceptors (Lipinski definition) is 8. The summed E-state index contributed by atoms with van der Waals surface area (Å²) in [6, 6.07) is 12.2. The highest BCUT2D eigenvalue weighted by molar-refractivity contribution is 6.43. The average Bonchev–Trinajstić information content (AvgIpc) is 2.94. The Morgan fingerprint density at radius 1 is 0.575 bits per heavy atom.